The lowest BCUT2D eigenvalue weighted by Crippen LogP contribution is -2.40. The molecule has 2 fully saturated rings. The van der Waals surface area contributed by atoms with Crippen molar-refractivity contribution in [3.05, 3.63) is 47.7 Å². The number of aldehydes is 1. The summed E-state index contributed by atoms with van der Waals surface area (Å²) >= 11 is 0. The Hall–Kier alpha value is -4.00. The average molecular weight is 571 g/mol. The minimum absolute atomic E-state index is 0.0429. The molecule has 41 heavy (non-hydrogen) atoms. The van der Waals surface area contributed by atoms with Gasteiger partial charge in [-0.15, -0.1) is 0 Å². The van der Waals surface area contributed by atoms with Gasteiger partial charge in [0.1, 0.15) is 17.3 Å². The molecular weight excluding hydrogens is 534 g/mol. The molecule has 1 unspecified atom stereocenters. The van der Waals surface area contributed by atoms with Gasteiger partial charge in [0.05, 0.1) is 17.4 Å². The standard InChI is InChI=1S/C28H36F2N8O3/c29-28(30)14-21(28)27(41)37-12-8-20(9-13-37)38-17-24(25(18-39)36-38)35-26(40)23-7-5-6-22(34-23)19(15-32)16-33-11-4-2-1-3-10-31/h5-7,15-18,20-21,32-33H,1-4,8-14,31H2,(H,35,40)/b19-16+,32-15?. The number of halogens is 2. The number of carbonyl (C=O) groups is 3. The molecule has 1 aliphatic carbocycles. The molecule has 2 aliphatic rings. The number of amides is 2. The molecule has 0 radical (unpaired) electrons. The van der Waals surface area contributed by atoms with Crippen molar-refractivity contribution in [2.24, 2.45) is 11.7 Å². The fraction of sp³-hybridized carbons (Fsp3) is 0.500. The predicted molar refractivity (Wildman–Crippen MR) is 150 cm³/mol. The number of hydrogen-bond donors (Lipinski definition) is 4. The number of nitrogens with one attached hydrogen (secondary N) is 3. The lowest BCUT2D eigenvalue weighted by molar-refractivity contribution is -0.136. The van der Waals surface area contributed by atoms with Gasteiger partial charge in [0.2, 0.25) is 5.91 Å². The van der Waals surface area contributed by atoms with Gasteiger partial charge in [-0.05, 0) is 44.4 Å². The molecule has 0 spiro atoms. The number of likely N-dealkylation sites (tertiary alicyclic amines) is 1. The van der Waals surface area contributed by atoms with Crippen LogP contribution in [0.1, 0.15) is 77.7 Å². The summed E-state index contributed by atoms with van der Waals surface area (Å²) in [6.07, 6.45) is 9.66. The summed E-state index contributed by atoms with van der Waals surface area (Å²) in [5.74, 6) is -5.16. The molecule has 1 atom stereocenters. The second kappa shape index (κ2) is 13.6. The van der Waals surface area contributed by atoms with Crippen molar-refractivity contribution in [2.75, 3.05) is 31.5 Å². The van der Waals surface area contributed by atoms with E-state index in [0.29, 0.717) is 50.0 Å². The fourth-order valence-corrected chi connectivity index (χ4v) is 4.83. The lowest BCUT2D eigenvalue weighted by atomic mass is 10.0. The Bertz CT molecular complexity index is 1290. The Morgan fingerprint density at radius 3 is 2.51 bits per heavy atom. The normalized spacial score (nSPS) is 18.6. The number of alkyl halides is 2. The van der Waals surface area contributed by atoms with Crippen LogP contribution in [0.2, 0.25) is 0 Å². The first kappa shape index (κ1) is 30.0. The van der Waals surface area contributed by atoms with E-state index in [4.69, 9.17) is 11.1 Å². The first-order chi connectivity index (χ1) is 19.8. The molecule has 1 saturated carbocycles. The third kappa shape index (κ3) is 7.60. The molecule has 1 aliphatic heterocycles. The number of nitrogens with two attached hydrogens (primary N) is 1. The Morgan fingerprint density at radius 1 is 1.15 bits per heavy atom. The van der Waals surface area contributed by atoms with Crippen LogP contribution < -0.4 is 16.4 Å². The fourth-order valence-electron chi connectivity index (χ4n) is 4.83. The van der Waals surface area contributed by atoms with Gasteiger partial charge in [-0.2, -0.15) is 5.10 Å². The van der Waals surface area contributed by atoms with Gasteiger partial charge >= 0.3 is 0 Å². The van der Waals surface area contributed by atoms with Gasteiger partial charge in [-0.3, -0.25) is 19.1 Å². The van der Waals surface area contributed by atoms with Crippen molar-refractivity contribution in [1.29, 1.82) is 5.41 Å². The largest absolute Gasteiger partial charge is 0.390 e. The molecule has 0 bridgehead atoms. The van der Waals surface area contributed by atoms with Crippen LogP contribution in [0.3, 0.4) is 0 Å². The molecule has 13 heteroatoms. The maximum Gasteiger partial charge on any atom is 0.274 e. The van der Waals surface area contributed by atoms with E-state index in [9.17, 15) is 23.2 Å². The number of allylic oxidation sites excluding steroid dienone is 1. The highest BCUT2D eigenvalue weighted by Gasteiger charge is 2.62. The Balaban J connectivity index is 1.35. The number of hydrogen-bond acceptors (Lipinski definition) is 8. The Kier molecular flexibility index (Phi) is 9.92. The number of piperidine rings is 1. The SMILES string of the molecule is N=C/C(=C\NCCCCCCN)c1cccc(C(=O)Nc2cn(C3CCN(C(=O)C4CC4(F)F)CC3)nc2C=O)n1. The van der Waals surface area contributed by atoms with Crippen molar-refractivity contribution >= 4 is 35.6 Å². The van der Waals surface area contributed by atoms with Crippen molar-refractivity contribution in [3.63, 3.8) is 0 Å². The first-order valence-corrected chi connectivity index (χ1v) is 13.9. The summed E-state index contributed by atoms with van der Waals surface area (Å²) < 4.78 is 28.2. The minimum atomic E-state index is -2.89. The topological polar surface area (TPSA) is 159 Å². The number of aromatic nitrogens is 3. The average Bonchev–Trinajstić information content (AvgIpc) is 3.43. The maximum absolute atomic E-state index is 13.3. The van der Waals surface area contributed by atoms with Gasteiger partial charge in [-0.25, -0.2) is 13.8 Å². The van der Waals surface area contributed by atoms with E-state index >= 15 is 0 Å². The molecule has 2 aromatic rings. The summed E-state index contributed by atoms with van der Waals surface area (Å²) in [5.41, 5.74) is 6.83. The molecule has 5 N–H and O–H groups in total. The highest BCUT2D eigenvalue weighted by atomic mass is 19.3. The molecule has 4 rings (SSSR count). The van der Waals surface area contributed by atoms with Crippen LogP contribution in [-0.2, 0) is 4.79 Å². The van der Waals surface area contributed by atoms with Crippen molar-refractivity contribution in [3.8, 4) is 0 Å². The van der Waals surface area contributed by atoms with E-state index in [1.807, 2.05) is 0 Å². The molecule has 0 aromatic carbocycles. The third-order valence-electron chi connectivity index (χ3n) is 7.36. The van der Waals surface area contributed by atoms with Crippen LogP contribution in [-0.4, -0.2) is 76.1 Å². The minimum Gasteiger partial charge on any atom is -0.390 e. The van der Waals surface area contributed by atoms with Crippen LogP contribution in [0.4, 0.5) is 14.5 Å². The summed E-state index contributed by atoms with van der Waals surface area (Å²) in [6, 6.07) is 4.75. The zero-order valence-electron chi connectivity index (χ0n) is 22.8. The van der Waals surface area contributed by atoms with Crippen LogP contribution in [0, 0.1) is 11.3 Å². The predicted octanol–water partition coefficient (Wildman–Crippen LogP) is 3.26. The Morgan fingerprint density at radius 2 is 1.85 bits per heavy atom. The molecule has 11 nitrogen and oxygen atoms in total. The van der Waals surface area contributed by atoms with Gasteiger partial charge in [0, 0.05) is 50.2 Å². The summed E-state index contributed by atoms with van der Waals surface area (Å²) in [7, 11) is 0. The first-order valence-electron chi connectivity index (χ1n) is 13.9. The second-order valence-corrected chi connectivity index (χ2v) is 10.4. The summed E-state index contributed by atoms with van der Waals surface area (Å²) in [5, 5.41) is 17.9. The molecule has 2 aromatic heterocycles. The van der Waals surface area contributed by atoms with E-state index in [1.54, 1.807) is 29.2 Å². The van der Waals surface area contributed by atoms with Crippen LogP contribution in [0.25, 0.3) is 5.57 Å². The van der Waals surface area contributed by atoms with Crippen LogP contribution in [0.5, 0.6) is 0 Å². The number of nitrogens with zero attached hydrogens (tertiary/aromatic N) is 4. The van der Waals surface area contributed by atoms with E-state index < -0.39 is 23.7 Å². The third-order valence-corrected chi connectivity index (χ3v) is 7.36. The molecular formula is C28H36F2N8O3. The zero-order valence-corrected chi connectivity index (χ0v) is 22.8. The van der Waals surface area contributed by atoms with Gasteiger partial charge in [-0.1, -0.05) is 18.9 Å². The van der Waals surface area contributed by atoms with Crippen LogP contribution in [0.15, 0.2) is 30.6 Å². The Labute approximate surface area is 237 Å². The highest BCUT2D eigenvalue weighted by Crippen LogP contribution is 2.49. The smallest absolute Gasteiger partial charge is 0.274 e. The quantitative estimate of drug-likeness (QED) is 0.154. The number of anilines is 1. The number of unbranched alkanes of at least 4 members (excludes halogenated alkanes) is 3. The van der Waals surface area contributed by atoms with E-state index in [1.165, 1.54) is 11.0 Å². The molecule has 220 valence electrons. The number of carbonyl (C=O) groups excluding carboxylic acids is 3. The van der Waals surface area contributed by atoms with Gasteiger partial charge in [0.15, 0.2) is 6.29 Å². The zero-order chi connectivity index (χ0) is 29.4. The second-order valence-electron chi connectivity index (χ2n) is 10.4. The molecule has 2 amide bonds. The summed E-state index contributed by atoms with van der Waals surface area (Å²) in [6.45, 7) is 2.07. The van der Waals surface area contributed by atoms with Gasteiger partial charge < -0.3 is 26.7 Å². The van der Waals surface area contributed by atoms with E-state index in [0.717, 1.165) is 38.4 Å². The molecule has 3 heterocycles. The van der Waals surface area contributed by atoms with Gasteiger partial charge in [0.25, 0.3) is 11.8 Å². The van der Waals surface area contributed by atoms with E-state index in [2.05, 4.69) is 20.7 Å². The van der Waals surface area contributed by atoms with Crippen molar-refractivity contribution in [2.45, 2.75) is 56.9 Å². The number of pyridine rings is 1. The monoisotopic (exact) mass is 570 g/mol. The summed E-state index contributed by atoms with van der Waals surface area (Å²) in [4.78, 5) is 42.9. The van der Waals surface area contributed by atoms with Crippen LogP contribution >= 0.6 is 0 Å². The highest BCUT2D eigenvalue weighted by molar-refractivity contribution is 6.08. The number of rotatable bonds is 14. The van der Waals surface area contributed by atoms with Crippen molar-refractivity contribution in [1.82, 2.24) is 25.0 Å². The molecule has 1 saturated heterocycles. The maximum atomic E-state index is 13.3. The lowest BCUT2D eigenvalue weighted by Gasteiger charge is -2.32. The van der Waals surface area contributed by atoms with E-state index in [-0.39, 0.29) is 29.5 Å². The van der Waals surface area contributed by atoms with Crippen molar-refractivity contribution < 1.29 is 23.2 Å².